The van der Waals surface area contributed by atoms with Crippen molar-refractivity contribution in [3.05, 3.63) is 40.3 Å². The largest absolute Gasteiger partial charge is 0.336 e. The molecule has 3 heterocycles. The number of piperazine rings is 1. The zero-order valence-electron chi connectivity index (χ0n) is 14.1. The van der Waals surface area contributed by atoms with Gasteiger partial charge in [0.1, 0.15) is 5.69 Å². The van der Waals surface area contributed by atoms with Crippen molar-refractivity contribution in [1.82, 2.24) is 20.2 Å². The Morgan fingerprint density at radius 3 is 2.92 bits per heavy atom. The number of para-hydroxylation sites is 2. The highest BCUT2D eigenvalue weighted by Crippen LogP contribution is 2.22. The number of hydrogen-bond acceptors (Lipinski definition) is 6. The summed E-state index contributed by atoms with van der Waals surface area (Å²) in [6, 6.07) is 6.73. The number of carbonyl (C=O) groups excluding carboxylic acids is 1. The molecule has 1 aromatic heterocycles. The molecule has 9 heteroatoms. The van der Waals surface area contributed by atoms with Crippen LogP contribution in [0.15, 0.2) is 29.1 Å². The maximum Gasteiger partial charge on any atom is 0.270 e. The van der Waals surface area contributed by atoms with Gasteiger partial charge in [0, 0.05) is 32.0 Å². The summed E-state index contributed by atoms with van der Waals surface area (Å²) < 4.78 is 23.8. The number of carbonyl (C=O) groups is 1. The van der Waals surface area contributed by atoms with Crippen LogP contribution in [0.25, 0.3) is 11.0 Å². The molecule has 0 bridgehead atoms. The average molecular weight is 376 g/mol. The molecule has 2 aliphatic rings. The van der Waals surface area contributed by atoms with Gasteiger partial charge in [0.2, 0.25) is 5.91 Å². The van der Waals surface area contributed by atoms with Crippen LogP contribution in [0, 0.1) is 0 Å². The number of rotatable bonds is 3. The van der Waals surface area contributed by atoms with Crippen LogP contribution in [-0.4, -0.2) is 65.9 Å². The number of hydrogen-bond donors (Lipinski definition) is 2. The first kappa shape index (κ1) is 17.2. The lowest BCUT2D eigenvalue weighted by Gasteiger charge is -2.37. The standard InChI is InChI=1S/C17H20N4O4S/c22-16(21-8-7-18-14-9-26(24,25)10-15(14)21)6-5-13-17(23)20-12-4-2-1-3-11(12)19-13/h1-4,14-15,18H,5-10H2,(H,20,23)/t14-,15+/m1/s1. The molecule has 2 saturated heterocycles. The molecular formula is C17H20N4O4S. The SMILES string of the molecule is O=C(CCc1nc2ccccc2[nH]c1=O)N1CCN[C@@H]2CS(=O)(=O)C[C@@H]21. The van der Waals surface area contributed by atoms with Crippen LogP contribution in [-0.2, 0) is 21.1 Å². The van der Waals surface area contributed by atoms with Gasteiger partial charge in [-0.2, -0.15) is 0 Å². The first-order chi connectivity index (χ1) is 12.4. The fraction of sp³-hybridized carbons (Fsp3) is 0.471. The average Bonchev–Trinajstić information content (AvgIpc) is 2.93. The molecule has 4 rings (SSSR count). The zero-order valence-corrected chi connectivity index (χ0v) is 15.0. The Labute approximate surface area is 150 Å². The summed E-state index contributed by atoms with van der Waals surface area (Å²) in [4.78, 5) is 33.6. The summed E-state index contributed by atoms with van der Waals surface area (Å²) in [7, 11) is -3.12. The van der Waals surface area contributed by atoms with Crippen molar-refractivity contribution in [2.24, 2.45) is 0 Å². The number of nitrogens with one attached hydrogen (secondary N) is 2. The van der Waals surface area contributed by atoms with E-state index in [4.69, 9.17) is 0 Å². The number of sulfone groups is 1. The van der Waals surface area contributed by atoms with Crippen LogP contribution in [0.2, 0.25) is 0 Å². The number of aromatic amines is 1. The summed E-state index contributed by atoms with van der Waals surface area (Å²) in [6.07, 6.45) is 0.366. The molecule has 2 aliphatic heterocycles. The van der Waals surface area contributed by atoms with Crippen LogP contribution < -0.4 is 10.9 Å². The van der Waals surface area contributed by atoms with Gasteiger partial charge < -0.3 is 15.2 Å². The van der Waals surface area contributed by atoms with Gasteiger partial charge in [-0.15, -0.1) is 0 Å². The molecule has 0 unspecified atom stereocenters. The first-order valence-corrected chi connectivity index (χ1v) is 10.5. The third-order valence-electron chi connectivity index (χ3n) is 5.05. The van der Waals surface area contributed by atoms with E-state index in [9.17, 15) is 18.0 Å². The minimum absolute atomic E-state index is 0.00517. The van der Waals surface area contributed by atoms with Gasteiger partial charge in [-0.3, -0.25) is 9.59 Å². The number of aromatic nitrogens is 2. The summed E-state index contributed by atoms with van der Waals surface area (Å²) in [5.41, 5.74) is 1.37. The molecular weight excluding hydrogens is 356 g/mol. The molecule has 2 fully saturated rings. The number of H-pyrrole nitrogens is 1. The highest BCUT2D eigenvalue weighted by atomic mass is 32.2. The zero-order chi connectivity index (χ0) is 18.3. The van der Waals surface area contributed by atoms with Crippen molar-refractivity contribution in [1.29, 1.82) is 0 Å². The molecule has 2 N–H and O–H groups in total. The highest BCUT2D eigenvalue weighted by molar-refractivity contribution is 7.91. The maximum atomic E-state index is 12.7. The van der Waals surface area contributed by atoms with E-state index in [1.54, 1.807) is 17.0 Å². The lowest BCUT2D eigenvalue weighted by molar-refractivity contribution is -0.134. The molecule has 0 aliphatic carbocycles. The molecule has 26 heavy (non-hydrogen) atoms. The van der Waals surface area contributed by atoms with E-state index in [-0.39, 0.29) is 47.9 Å². The third-order valence-corrected chi connectivity index (χ3v) is 6.76. The van der Waals surface area contributed by atoms with Crippen LogP contribution >= 0.6 is 0 Å². The molecule has 2 aromatic rings. The lowest BCUT2D eigenvalue weighted by atomic mass is 10.1. The molecule has 0 saturated carbocycles. The first-order valence-electron chi connectivity index (χ1n) is 8.64. The van der Waals surface area contributed by atoms with Gasteiger partial charge in [0.15, 0.2) is 9.84 Å². The van der Waals surface area contributed by atoms with E-state index in [1.165, 1.54) is 0 Å². The summed E-state index contributed by atoms with van der Waals surface area (Å²) >= 11 is 0. The van der Waals surface area contributed by atoms with E-state index in [0.717, 1.165) is 0 Å². The molecule has 2 atom stereocenters. The predicted molar refractivity (Wildman–Crippen MR) is 96.6 cm³/mol. The number of benzene rings is 1. The third kappa shape index (κ3) is 3.24. The van der Waals surface area contributed by atoms with Gasteiger partial charge in [0.25, 0.3) is 5.56 Å². The summed E-state index contributed by atoms with van der Waals surface area (Å²) in [5.74, 6) is -0.0496. The molecule has 0 radical (unpaired) electrons. The monoisotopic (exact) mass is 376 g/mol. The topological polar surface area (TPSA) is 112 Å². The van der Waals surface area contributed by atoms with Crippen molar-refractivity contribution in [3.8, 4) is 0 Å². The quantitative estimate of drug-likeness (QED) is 0.744. The second-order valence-electron chi connectivity index (χ2n) is 6.82. The minimum Gasteiger partial charge on any atom is -0.336 e. The van der Waals surface area contributed by atoms with Crippen LogP contribution in [0.4, 0.5) is 0 Å². The van der Waals surface area contributed by atoms with Crippen LogP contribution in [0.1, 0.15) is 12.1 Å². The Bertz CT molecular complexity index is 1020. The van der Waals surface area contributed by atoms with Crippen molar-refractivity contribution in [2.75, 3.05) is 24.6 Å². The number of amides is 1. The normalized spacial score (nSPS) is 24.5. The fourth-order valence-corrected chi connectivity index (χ4v) is 5.74. The Hall–Kier alpha value is -2.26. The van der Waals surface area contributed by atoms with Crippen molar-refractivity contribution in [3.63, 3.8) is 0 Å². The molecule has 8 nitrogen and oxygen atoms in total. The van der Waals surface area contributed by atoms with Gasteiger partial charge in [-0.1, -0.05) is 12.1 Å². The minimum atomic E-state index is -3.12. The number of aryl methyl sites for hydroxylation is 1. The molecule has 1 amide bonds. The van der Waals surface area contributed by atoms with E-state index < -0.39 is 9.84 Å². The Kier molecular flexibility index (Phi) is 4.28. The molecule has 138 valence electrons. The van der Waals surface area contributed by atoms with Gasteiger partial charge in [-0.05, 0) is 12.1 Å². The maximum absolute atomic E-state index is 12.7. The smallest absolute Gasteiger partial charge is 0.270 e. The fourth-order valence-electron chi connectivity index (χ4n) is 3.78. The molecule has 1 aromatic carbocycles. The Balaban J connectivity index is 1.49. The number of fused-ring (bicyclic) bond motifs is 2. The molecule has 0 spiro atoms. The van der Waals surface area contributed by atoms with Gasteiger partial charge >= 0.3 is 0 Å². The Morgan fingerprint density at radius 1 is 1.27 bits per heavy atom. The van der Waals surface area contributed by atoms with Gasteiger partial charge in [0.05, 0.1) is 28.6 Å². The lowest BCUT2D eigenvalue weighted by Crippen LogP contribution is -2.59. The van der Waals surface area contributed by atoms with Crippen molar-refractivity contribution >= 4 is 26.8 Å². The predicted octanol–water partition coefficient (Wildman–Crippen LogP) is -0.547. The van der Waals surface area contributed by atoms with Crippen molar-refractivity contribution in [2.45, 2.75) is 24.9 Å². The summed E-state index contributed by atoms with van der Waals surface area (Å²) in [6.45, 7) is 1.06. The number of nitrogens with zero attached hydrogens (tertiary/aromatic N) is 2. The van der Waals surface area contributed by atoms with Crippen molar-refractivity contribution < 1.29 is 13.2 Å². The van der Waals surface area contributed by atoms with Crippen LogP contribution in [0.3, 0.4) is 0 Å². The Morgan fingerprint density at radius 2 is 2.08 bits per heavy atom. The van der Waals surface area contributed by atoms with Gasteiger partial charge in [-0.25, -0.2) is 13.4 Å². The second kappa shape index (κ2) is 6.48. The van der Waals surface area contributed by atoms with E-state index in [1.807, 2.05) is 12.1 Å². The van der Waals surface area contributed by atoms with Crippen LogP contribution in [0.5, 0.6) is 0 Å². The van der Waals surface area contributed by atoms with E-state index in [2.05, 4.69) is 15.3 Å². The van der Waals surface area contributed by atoms with E-state index >= 15 is 0 Å². The van der Waals surface area contributed by atoms with E-state index in [0.29, 0.717) is 29.8 Å². The second-order valence-corrected chi connectivity index (χ2v) is 8.98. The summed E-state index contributed by atoms with van der Waals surface area (Å²) in [5, 5.41) is 3.18. The highest BCUT2D eigenvalue weighted by Gasteiger charge is 2.44.